The summed E-state index contributed by atoms with van der Waals surface area (Å²) in [4.78, 5) is 23.6. The van der Waals surface area contributed by atoms with E-state index in [4.69, 9.17) is 9.84 Å². The summed E-state index contributed by atoms with van der Waals surface area (Å²) in [6.45, 7) is 0.306. The van der Waals surface area contributed by atoms with Gasteiger partial charge in [0.05, 0.1) is 10.6 Å². The van der Waals surface area contributed by atoms with Gasteiger partial charge < -0.3 is 14.4 Å². The normalized spacial score (nSPS) is 16.5. The lowest BCUT2D eigenvalue weighted by Crippen LogP contribution is -2.13. The molecule has 0 amide bonds. The van der Waals surface area contributed by atoms with Gasteiger partial charge in [0.2, 0.25) is 5.78 Å². The summed E-state index contributed by atoms with van der Waals surface area (Å²) >= 11 is 3.29. The van der Waals surface area contributed by atoms with E-state index in [0.29, 0.717) is 24.2 Å². The molecule has 9 heteroatoms. The first-order chi connectivity index (χ1) is 11.7. The van der Waals surface area contributed by atoms with Crippen molar-refractivity contribution in [1.29, 1.82) is 0 Å². The van der Waals surface area contributed by atoms with E-state index < -0.39 is 27.9 Å². The van der Waals surface area contributed by atoms with Crippen molar-refractivity contribution in [2.75, 3.05) is 6.26 Å². The number of hydrogen-bond donors (Lipinski definition) is 1. The van der Waals surface area contributed by atoms with E-state index in [2.05, 4.69) is 15.9 Å². The Balaban J connectivity index is 2.14. The smallest absolute Gasteiger partial charge is 0.450 e. The highest BCUT2D eigenvalue weighted by atomic mass is 79.9. The summed E-state index contributed by atoms with van der Waals surface area (Å²) in [7, 11) is -3.68. The monoisotopic (exact) mass is 427 g/mol. The third kappa shape index (κ3) is 3.34. The van der Waals surface area contributed by atoms with Crippen molar-refractivity contribution in [2.45, 2.75) is 24.0 Å². The van der Waals surface area contributed by atoms with Gasteiger partial charge in [0.15, 0.2) is 9.84 Å². The number of hydrogen-bond acceptors (Lipinski definition) is 5. The molecule has 7 nitrogen and oxygen atoms in total. The molecule has 0 saturated carbocycles. The molecule has 132 valence electrons. The van der Waals surface area contributed by atoms with Gasteiger partial charge in [-0.25, -0.2) is 13.2 Å². The average Bonchev–Trinajstić information content (AvgIpc) is 3.06. The number of carbonyl (C=O) groups excluding carboxylic acids is 1. The number of aromatic nitrogens is 1. The van der Waals surface area contributed by atoms with Crippen LogP contribution in [0.3, 0.4) is 0 Å². The van der Waals surface area contributed by atoms with Gasteiger partial charge in [0.1, 0.15) is 11.8 Å². The number of carbonyl (C=O) groups is 2. The number of halogens is 1. The summed E-state index contributed by atoms with van der Waals surface area (Å²) in [5, 5.41) is 8.83. The number of rotatable bonds is 4. The van der Waals surface area contributed by atoms with Crippen LogP contribution in [-0.2, 0) is 21.1 Å². The van der Waals surface area contributed by atoms with E-state index >= 15 is 0 Å². The highest BCUT2D eigenvalue weighted by Gasteiger charge is 2.35. The van der Waals surface area contributed by atoms with Crippen molar-refractivity contribution in [3.8, 4) is 0 Å². The SMILES string of the molecule is CS(=O)(=O)c1cc2n(c1C(=O)c1ccc(Br)cc1)CCC2OC(=O)O. The molecule has 1 aliphatic heterocycles. The number of nitrogens with zero attached hydrogens (tertiary/aromatic N) is 1. The topological polar surface area (TPSA) is 103 Å². The Kier molecular flexibility index (Phi) is 4.46. The third-order valence-electron chi connectivity index (χ3n) is 4.00. The molecular formula is C16H14BrNO6S. The van der Waals surface area contributed by atoms with E-state index in [1.807, 2.05) is 0 Å². The van der Waals surface area contributed by atoms with E-state index in [1.165, 1.54) is 10.6 Å². The van der Waals surface area contributed by atoms with Crippen molar-refractivity contribution in [3.05, 3.63) is 51.8 Å². The molecule has 1 aliphatic rings. The maximum Gasteiger partial charge on any atom is 0.506 e. The average molecular weight is 428 g/mol. The Bertz CT molecular complexity index is 961. The molecule has 1 aromatic heterocycles. The second kappa shape index (κ2) is 6.30. The van der Waals surface area contributed by atoms with Gasteiger partial charge in [-0.1, -0.05) is 15.9 Å². The lowest BCUT2D eigenvalue weighted by Gasteiger charge is -2.08. The minimum absolute atomic E-state index is 0.0383. The highest BCUT2D eigenvalue weighted by Crippen LogP contribution is 2.36. The first kappa shape index (κ1) is 17.7. The van der Waals surface area contributed by atoms with Crippen molar-refractivity contribution in [2.24, 2.45) is 0 Å². The summed E-state index contributed by atoms with van der Waals surface area (Å²) in [6, 6.07) is 7.91. The molecule has 25 heavy (non-hydrogen) atoms. The van der Waals surface area contributed by atoms with Crippen molar-refractivity contribution >= 4 is 37.7 Å². The van der Waals surface area contributed by atoms with Crippen molar-refractivity contribution in [1.82, 2.24) is 4.57 Å². The van der Waals surface area contributed by atoms with Gasteiger partial charge >= 0.3 is 6.16 Å². The fourth-order valence-corrected chi connectivity index (χ4v) is 4.09. The summed E-state index contributed by atoms with van der Waals surface area (Å²) in [5.41, 5.74) is 0.760. The van der Waals surface area contributed by atoms with E-state index in [0.717, 1.165) is 10.7 Å². The second-order valence-electron chi connectivity index (χ2n) is 5.70. The Morgan fingerprint density at radius 3 is 2.48 bits per heavy atom. The van der Waals surface area contributed by atoms with Crippen LogP contribution < -0.4 is 0 Å². The largest absolute Gasteiger partial charge is 0.506 e. The van der Waals surface area contributed by atoms with E-state index in [1.54, 1.807) is 24.3 Å². The van der Waals surface area contributed by atoms with Gasteiger partial charge in [0, 0.05) is 29.3 Å². The van der Waals surface area contributed by atoms with E-state index in [-0.39, 0.29) is 10.6 Å². The molecule has 1 N–H and O–H groups in total. The molecule has 1 aromatic carbocycles. The number of ether oxygens (including phenoxy) is 1. The Hall–Kier alpha value is -2.13. The first-order valence-corrected chi connectivity index (χ1v) is 10.00. The number of carboxylic acid groups (broad SMARTS) is 1. The van der Waals surface area contributed by atoms with Gasteiger partial charge in [0.25, 0.3) is 0 Å². The standard InChI is InChI=1S/C16H14BrNO6S/c1-25(22,23)13-8-11-12(24-16(20)21)6-7-18(11)14(13)15(19)9-2-4-10(17)5-3-9/h2-5,8,12H,6-7H2,1H3,(H,20,21). The Morgan fingerprint density at radius 1 is 1.28 bits per heavy atom. The molecule has 2 aromatic rings. The summed E-state index contributed by atoms with van der Waals surface area (Å²) in [6.07, 6.45) is -0.860. The molecule has 3 rings (SSSR count). The van der Waals surface area contributed by atoms with Crippen LogP contribution in [-0.4, -0.2) is 36.3 Å². The molecule has 1 atom stereocenters. The van der Waals surface area contributed by atoms with Crippen LogP contribution in [0, 0.1) is 0 Å². The molecule has 0 fully saturated rings. The maximum atomic E-state index is 12.9. The predicted octanol–water partition coefficient (Wildman–Crippen LogP) is 3.02. The van der Waals surface area contributed by atoms with Crippen LogP contribution >= 0.6 is 15.9 Å². The fraction of sp³-hybridized carbons (Fsp3) is 0.250. The second-order valence-corrected chi connectivity index (χ2v) is 8.60. The number of sulfone groups is 1. The molecule has 0 bridgehead atoms. The van der Waals surface area contributed by atoms with Crippen LogP contribution in [0.15, 0.2) is 39.7 Å². The maximum absolute atomic E-state index is 12.9. The number of benzene rings is 1. The van der Waals surface area contributed by atoms with Gasteiger partial charge in [-0.3, -0.25) is 4.79 Å². The zero-order valence-electron chi connectivity index (χ0n) is 13.1. The van der Waals surface area contributed by atoms with Crippen molar-refractivity contribution in [3.63, 3.8) is 0 Å². The lowest BCUT2D eigenvalue weighted by atomic mass is 10.1. The number of fused-ring (bicyclic) bond motifs is 1. The van der Waals surface area contributed by atoms with Crippen molar-refractivity contribution < 1.29 is 27.9 Å². The molecule has 0 spiro atoms. The van der Waals surface area contributed by atoms with Crippen LogP contribution in [0.25, 0.3) is 0 Å². The van der Waals surface area contributed by atoms with Crippen LogP contribution in [0.1, 0.15) is 34.3 Å². The lowest BCUT2D eigenvalue weighted by molar-refractivity contribution is 0.0518. The zero-order chi connectivity index (χ0) is 18.4. The number of ketones is 1. The van der Waals surface area contributed by atoms with Gasteiger partial charge in [-0.15, -0.1) is 0 Å². The Morgan fingerprint density at radius 2 is 1.92 bits per heavy atom. The minimum atomic E-state index is -3.68. The quantitative estimate of drug-likeness (QED) is 0.593. The highest BCUT2D eigenvalue weighted by molar-refractivity contribution is 9.10. The molecular weight excluding hydrogens is 414 g/mol. The minimum Gasteiger partial charge on any atom is -0.450 e. The molecule has 1 unspecified atom stereocenters. The van der Waals surface area contributed by atoms with Crippen LogP contribution in [0.5, 0.6) is 0 Å². The molecule has 0 aliphatic carbocycles. The van der Waals surface area contributed by atoms with Gasteiger partial charge in [-0.2, -0.15) is 0 Å². The summed E-state index contributed by atoms with van der Waals surface area (Å²) in [5.74, 6) is -0.435. The van der Waals surface area contributed by atoms with E-state index in [9.17, 15) is 18.0 Å². The molecule has 0 radical (unpaired) electrons. The molecule has 2 heterocycles. The van der Waals surface area contributed by atoms with Gasteiger partial charge in [-0.05, 0) is 30.3 Å². The fourth-order valence-electron chi connectivity index (χ4n) is 2.94. The summed E-state index contributed by atoms with van der Waals surface area (Å²) < 4.78 is 31.4. The third-order valence-corrected chi connectivity index (χ3v) is 5.64. The van der Waals surface area contributed by atoms with Crippen LogP contribution in [0.2, 0.25) is 0 Å². The predicted molar refractivity (Wildman–Crippen MR) is 91.6 cm³/mol. The zero-order valence-corrected chi connectivity index (χ0v) is 15.5. The van der Waals surface area contributed by atoms with Crippen LogP contribution in [0.4, 0.5) is 4.79 Å². The first-order valence-electron chi connectivity index (χ1n) is 7.32. The molecule has 0 saturated heterocycles. The Labute approximate surface area is 152 Å².